The maximum atomic E-state index is 14.5. The highest BCUT2D eigenvalue weighted by Gasteiger charge is 2.47. The van der Waals surface area contributed by atoms with Crippen LogP contribution in [-0.2, 0) is 40.0 Å². The van der Waals surface area contributed by atoms with Gasteiger partial charge in [-0.2, -0.15) is 4.98 Å². The summed E-state index contributed by atoms with van der Waals surface area (Å²) in [6.07, 6.45) is -1.09. The molecule has 2 aromatic heterocycles. The van der Waals surface area contributed by atoms with Crippen molar-refractivity contribution in [2.45, 2.75) is 56.6 Å². The molecule has 5 aromatic carbocycles. The Kier molecular flexibility index (Phi) is 15.5. The monoisotopic (exact) mass is 1030 g/mol. The van der Waals surface area contributed by atoms with E-state index in [0.29, 0.717) is 11.1 Å². The third kappa shape index (κ3) is 11.1. The molecule has 0 spiro atoms. The highest BCUT2D eigenvalue weighted by Crippen LogP contribution is 2.54. The minimum absolute atomic E-state index is 0.0616. The lowest BCUT2D eigenvalue weighted by molar-refractivity contribution is -0.148. The molecule has 1 saturated heterocycles. The van der Waals surface area contributed by atoms with Gasteiger partial charge in [-0.1, -0.05) is 140 Å². The number of amides is 1. The number of carbonyl (C=O) groups excluding carboxylic acids is 2. The second-order valence-corrected chi connectivity index (χ2v) is 22.5. The molecule has 1 amide bonds. The van der Waals surface area contributed by atoms with Crippen molar-refractivity contribution in [3.8, 4) is 11.1 Å². The molecule has 1 aliphatic carbocycles. The highest BCUT2D eigenvalue weighted by molar-refractivity contribution is 7.83. The summed E-state index contributed by atoms with van der Waals surface area (Å²) in [5, 5.41) is 3.25. The van der Waals surface area contributed by atoms with Gasteiger partial charge in [0, 0.05) is 49.2 Å². The van der Waals surface area contributed by atoms with Gasteiger partial charge in [-0.25, -0.2) is 23.6 Å². The molecule has 0 bridgehead atoms. The van der Waals surface area contributed by atoms with E-state index in [9.17, 15) is 18.9 Å². The summed E-state index contributed by atoms with van der Waals surface area (Å²) in [5.74, 6) is -0.0616. The molecule has 1 aliphatic heterocycles. The van der Waals surface area contributed by atoms with E-state index >= 15 is 0 Å². The minimum Gasteiger partial charge on any atom is -0.449 e. The van der Waals surface area contributed by atoms with Crippen LogP contribution in [0.2, 0.25) is 0 Å². The van der Waals surface area contributed by atoms with Gasteiger partial charge in [0.1, 0.15) is 12.2 Å². The molecule has 0 radical (unpaired) electrons. The molecular weight excluding hydrogens is 967 g/mol. The fourth-order valence-corrected chi connectivity index (χ4v) is 10.7. The van der Waals surface area contributed by atoms with E-state index in [0.717, 1.165) is 38.9 Å². The first-order valence-corrected chi connectivity index (χ1v) is 26.8. The number of rotatable bonds is 17. The summed E-state index contributed by atoms with van der Waals surface area (Å²) < 4.78 is 47.6. The van der Waals surface area contributed by atoms with Crippen molar-refractivity contribution in [2.24, 2.45) is 0 Å². The Balaban J connectivity index is 0.968. The largest absolute Gasteiger partial charge is 0.449 e. The third-order valence-electron chi connectivity index (χ3n) is 13.1. The van der Waals surface area contributed by atoms with Gasteiger partial charge in [-0.3, -0.25) is 14.0 Å². The van der Waals surface area contributed by atoms with Crippen molar-refractivity contribution < 1.29 is 37.6 Å². The molecule has 15 nitrogen and oxygen atoms in total. The van der Waals surface area contributed by atoms with E-state index in [4.69, 9.17) is 34.7 Å². The quantitative estimate of drug-likeness (QED) is 0.0524. The molecule has 1 N–H and O–H groups in total. The van der Waals surface area contributed by atoms with Crippen molar-refractivity contribution >= 4 is 41.3 Å². The van der Waals surface area contributed by atoms with Gasteiger partial charge in [0.2, 0.25) is 0 Å². The van der Waals surface area contributed by atoms with Gasteiger partial charge in [0.25, 0.3) is 0 Å². The molecule has 1 unspecified atom stereocenters. The topological polar surface area (TPSA) is 156 Å². The van der Waals surface area contributed by atoms with E-state index in [1.54, 1.807) is 47.1 Å². The lowest BCUT2D eigenvalue weighted by Crippen LogP contribution is -2.58. The first-order valence-electron chi connectivity index (χ1n) is 24.4. The lowest BCUT2D eigenvalue weighted by Gasteiger charge is -2.50. The van der Waals surface area contributed by atoms with Crippen LogP contribution in [0.25, 0.3) is 22.2 Å². The summed E-state index contributed by atoms with van der Waals surface area (Å²) in [6.45, 7) is 2.58. The van der Waals surface area contributed by atoms with Gasteiger partial charge in [0.15, 0.2) is 11.9 Å². The Hall–Kier alpha value is -6.42. The smallest absolute Gasteiger partial charge is 0.420 e. The Morgan fingerprint density at radius 1 is 0.795 bits per heavy atom. The van der Waals surface area contributed by atoms with Gasteiger partial charge < -0.3 is 28.8 Å². The Bertz CT molecular complexity index is 3020. The van der Waals surface area contributed by atoms with Crippen molar-refractivity contribution in [1.29, 1.82) is 0 Å². The minimum atomic E-state index is -3.73. The molecule has 0 saturated carbocycles. The molecule has 3 heterocycles. The van der Waals surface area contributed by atoms with Crippen LogP contribution in [0.5, 0.6) is 0 Å². The van der Waals surface area contributed by atoms with Crippen molar-refractivity contribution in [3.05, 3.63) is 196 Å². The van der Waals surface area contributed by atoms with Crippen LogP contribution in [0.1, 0.15) is 66.4 Å². The first-order chi connectivity index (χ1) is 35.1. The van der Waals surface area contributed by atoms with Gasteiger partial charge in [-0.15, -0.1) is 0 Å². The number of hydrogen-bond donors (Lipinski definition) is 1. The number of nitrogens with zero attached hydrogens (tertiary/aromatic N) is 5. The summed E-state index contributed by atoms with van der Waals surface area (Å²) >= 11 is 6.42. The highest BCUT2D eigenvalue weighted by atomic mass is 35.7. The summed E-state index contributed by atoms with van der Waals surface area (Å²) in [4.78, 5) is 48.1. The van der Waals surface area contributed by atoms with Gasteiger partial charge >= 0.3 is 24.7 Å². The van der Waals surface area contributed by atoms with Crippen LogP contribution in [0.4, 0.5) is 9.59 Å². The molecule has 17 heteroatoms. The fraction of sp³-hybridized carbons (Fsp3) is 0.321. The number of benzene rings is 5. The molecular formula is C56H60ClN6O9P. The predicted molar refractivity (Wildman–Crippen MR) is 281 cm³/mol. The van der Waals surface area contributed by atoms with E-state index < -0.39 is 48.2 Å². The van der Waals surface area contributed by atoms with E-state index in [2.05, 4.69) is 75.9 Å². The zero-order chi connectivity index (χ0) is 51.3. The summed E-state index contributed by atoms with van der Waals surface area (Å²) in [6, 6.07) is 48.5. The van der Waals surface area contributed by atoms with Crippen LogP contribution in [-0.4, -0.2) is 108 Å². The van der Waals surface area contributed by atoms with Crippen molar-refractivity contribution in [1.82, 2.24) is 29.0 Å². The Labute approximate surface area is 429 Å². The standard InChI is InChI=1S/C56H60ClN6O9P/c1-55(2,3)72-54(66)63-43(29-31-68-32-30-58-53(65)69-38-49-47-27-17-15-25-45(47)46-26-16-18-28-48(46)49)33-39-34-62(52(64)59-51(39)63)50-36-61(35-44(71-50)37-70-73(57,67)60(4)5)56(40-19-9-6-10-20-40,41-21-11-7-12-22-41)42-23-13-8-14-24-42/h6-28,33-34,44,49-50H,29-32,35-38H2,1-5H3,(H,58,65)/t44-,50-,73?/m0/s1. The molecule has 9 rings (SSSR count). The summed E-state index contributed by atoms with van der Waals surface area (Å²) in [7, 11) is 3.15. The van der Waals surface area contributed by atoms with Crippen LogP contribution in [0.15, 0.2) is 157 Å². The predicted octanol–water partition coefficient (Wildman–Crippen LogP) is 10.2. The van der Waals surface area contributed by atoms with Crippen LogP contribution in [0.3, 0.4) is 0 Å². The second kappa shape index (κ2) is 22.0. The molecule has 2 aliphatic rings. The zero-order valence-electron chi connectivity index (χ0n) is 41.6. The number of nitrogens with one attached hydrogen (secondary N) is 1. The number of ether oxygens (including phenoxy) is 4. The molecule has 1 fully saturated rings. The molecule has 7 aromatic rings. The summed E-state index contributed by atoms with van der Waals surface area (Å²) in [5.41, 5.74) is 5.61. The number of alkyl carbamates (subject to hydrolysis) is 1. The average Bonchev–Trinajstić information content (AvgIpc) is 3.91. The van der Waals surface area contributed by atoms with Crippen molar-refractivity contribution in [2.75, 3.05) is 60.2 Å². The number of hydrogen-bond acceptors (Lipinski definition) is 11. The fourth-order valence-electron chi connectivity index (χ4n) is 9.90. The molecule has 3 atom stereocenters. The molecule has 73 heavy (non-hydrogen) atoms. The second-order valence-electron chi connectivity index (χ2n) is 19.3. The average molecular weight is 1030 g/mol. The number of halogens is 1. The van der Waals surface area contributed by atoms with Crippen molar-refractivity contribution in [3.63, 3.8) is 0 Å². The third-order valence-corrected chi connectivity index (χ3v) is 15.7. The van der Waals surface area contributed by atoms with Gasteiger partial charge in [-0.05, 0) is 91.1 Å². The Morgan fingerprint density at radius 3 is 1.92 bits per heavy atom. The number of morpholine rings is 1. The van der Waals surface area contributed by atoms with Crippen LogP contribution < -0.4 is 11.0 Å². The number of aromatic nitrogens is 3. The first kappa shape index (κ1) is 51.5. The van der Waals surface area contributed by atoms with Crippen LogP contribution >= 0.6 is 18.1 Å². The van der Waals surface area contributed by atoms with E-state index in [-0.39, 0.29) is 64.0 Å². The Morgan fingerprint density at radius 2 is 1.36 bits per heavy atom. The maximum Gasteiger partial charge on any atom is 0.420 e. The maximum absolute atomic E-state index is 14.5. The number of carbonyl (C=O) groups is 2. The zero-order valence-corrected chi connectivity index (χ0v) is 43.2. The SMILES string of the molecule is CN(C)P(=O)(Cl)OC[C@@H]1CN(C(c2ccccc2)(c2ccccc2)c2ccccc2)C[C@@H](n2cc3cc(CCOCCNC(=O)OCC4c5ccccc5-c5ccccc54)n(C(=O)OC(C)(C)C)c3nc2=O)O1. The van der Waals surface area contributed by atoms with Crippen LogP contribution in [0, 0.1) is 0 Å². The number of fused-ring (bicyclic) bond motifs is 4. The van der Waals surface area contributed by atoms with E-state index in [1.807, 2.05) is 78.9 Å². The molecule has 380 valence electrons. The van der Waals surface area contributed by atoms with E-state index in [1.165, 1.54) is 13.8 Å². The van der Waals surface area contributed by atoms with Gasteiger partial charge in [0.05, 0.1) is 31.5 Å². The lowest BCUT2D eigenvalue weighted by atomic mass is 9.75. The normalized spacial score (nSPS) is 17.0.